The van der Waals surface area contributed by atoms with E-state index in [1.807, 2.05) is 0 Å². The molecule has 0 radical (unpaired) electrons. The van der Waals surface area contributed by atoms with E-state index in [9.17, 15) is 19.9 Å². The van der Waals surface area contributed by atoms with E-state index in [4.69, 9.17) is 37.4 Å². The second-order valence-electron chi connectivity index (χ2n) is 12.8. The van der Waals surface area contributed by atoms with Crippen LogP contribution < -0.4 is 24.6 Å². The van der Waals surface area contributed by atoms with Gasteiger partial charge in [-0.3, -0.25) is 14.9 Å². The van der Waals surface area contributed by atoms with E-state index < -0.39 is 29.7 Å². The summed E-state index contributed by atoms with van der Waals surface area (Å²) in [6.45, 7) is 2.84. The second kappa shape index (κ2) is 16.2. The van der Waals surface area contributed by atoms with Crippen molar-refractivity contribution >= 4 is 46.5 Å². The molecule has 0 saturated carbocycles. The molecule has 3 aliphatic heterocycles. The third-order valence-corrected chi connectivity index (χ3v) is 11.5. The van der Waals surface area contributed by atoms with E-state index in [1.165, 1.54) is 32.7 Å². The van der Waals surface area contributed by atoms with Crippen molar-refractivity contribution < 1.29 is 43.2 Å². The summed E-state index contributed by atoms with van der Waals surface area (Å²) in [6, 6.07) is 12.5. The number of ether oxygens (including phenoxy) is 3. The molecule has 0 spiro atoms. The minimum absolute atomic E-state index is 0.0174. The Hall–Kier alpha value is -3.94. The first-order valence-electron chi connectivity index (χ1n) is 16.6. The zero-order chi connectivity index (χ0) is 36.2. The largest absolute Gasteiger partial charge is 0.544 e. The molecule has 3 saturated heterocycles. The number of fused-ring (bicyclic) bond motifs is 3. The number of nitrogens with zero attached hydrogens (tertiary/aromatic N) is 2. The maximum Gasteiger partial charge on any atom is 0.308 e. The summed E-state index contributed by atoms with van der Waals surface area (Å²) in [4.78, 5) is 28.8. The van der Waals surface area contributed by atoms with Crippen LogP contribution in [0.5, 0.6) is 11.5 Å². The molecule has 3 fully saturated rings. The number of hydrogen-bond donors (Lipinski definition) is 2. The van der Waals surface area contributed by atoms with Crippen molar-refractivity contribution in [1.29, 1.82) is 0 Å². The van der Waals surface area contributed by atoms with Crippen molar-refractivity contribution in [2.24, 2.45) is 5.92 Å². The fourth-order valence-electron chi connectivity index (χ4n) is 7.08. The van der Waals surface area contributed by atoms with Gasteiger partial charge in [-0.1, -0.05) is 47.5 Å². The van der Waals surface area contributed by atoms with Crippen LogP contribution in [0, 0.1) is 11.7 Å². The van der Waals surface area contributed by atoms with Gasteiger partial charge in [-0.2, -0.15) is 0 Å². The number of thiophene rings is 1. The number of piperidine rings is 3. The average molecular weight is 759 g/mol. The lowest BCUT2D eigenvalue weighted by Gasteiger charge is -2.44. The summed E-state index contributed by atoms with van der Waals surface area (Å²) in [5.74, 6) is -1.64. The molecule has 270 valence electrons. The van der Waals surface area contributed by atoms with E-state index in [0.29, 0.717) is 51.1 Å². The molecule has 2 aromatic carbocycles. The second-order valence-corrected chi connectivity index (χ2v) is 14.7. The summed E-state index contributed by atoms with van der Waals surface area (Å²) < 4.78 is 32.8. The Morgan fingerprint density at radius 2 is 1.76 bits per heavy atom. The van der Waals surface area contributed by atoms with Gasteiger partial charge >= 0.3 is 5.97 Å². The number of aromatic carboxylic acids is 1. The molecular formula is C37H38Cl2FN3O7S. The van der Waals surface area contributed by atoms with Crippen LogP contribution in [0.15, 0.2) is 60.9 Å². The maximum atomic E-state index is 15.1. The van der Waals surface area contributed by atoms with Crippen molar-refractivity contribution in [3.8, 4) is 11.5 Å². The number of carbonyl (C=O) groups is 2. The summed E-state index contributed by atoms with van der Waals surface area (Å²) in [5, 5.41) is 26.3. The average Bonchev–Trinajstić information content (AvgIpc) is 3.54. The highest BCUT2D eigenvalue weighted by Gasteiger charge is 2.37. The first-order valence-corrected chi connectivity index (χ1v) is 18.2. The number of carbonyl (C=O) groups excluding carboxylic acids is 2. The number of esters is 1. The Kier molecular flexibility index (Phi) is 11.7. The predicted octanol–water partition coefficient (Wildman–Crippen LogP) is 5.33. The number of pyridine rings is 1. The van der Waals surface area contributed by atoms with Gasteiger partial charge in [0.05, 0.1) is 31.5 Å². The van der Waals surface area contributed by atoms with Crippen LogP contribution in [0.4, 0.5) is 4.39 Å². The number of carboxylic acid groups (broad SMARTS) is 1. The van der Waals surface area contributed by atoms with E-state index in [-0.39, 0.29) is 40.4 Å². The van der Waals surface area contributed by atoms with Crippen molar-refractivity contribution in [1.82, 2.24) is 10.2 Å². The van der Waals surface area contributed by atoms with Gasteiger partial charge in [0.1, 0.15) is 22.0 Å². The molecule has 3 atom stereocenters. The molecule has 2 N–H and O–H groups in total. The topological polar surface area (TPSA) is 124 Å². The third-order valence-electron chi connectivity index (χ3n) is 9.71. The number of hydrogen-bond acceptors (Lipinski definition) is 10. The lowest BCUT2D eigenvalue weighted by Crippen LogP contribution is -2.52. The number of halogens is 3. The first-order chi connectivity index (χ1) is 24.5. The Labute approximate surface area is 309 Å². The lowest BCUT2D eigenvalue weighted by molar-refractivity contribution is -0.904. The van der Waals surface area contributed by atoms with Crippen LogP contribution in [0.25, 0.3) is 0 Å². The smallest absolute Gasteiger partial charge is 0.308 e. The lowest BCUT2D eigenvalue weighted by atomic mass is 9.85. The maximum absolute atomic E-state index is 15.1. The van der Waals surface area contributed by atoms with Gasteiger partial charge in [0, 0.05) is 45.8 Å². The van der Waals surface area contributed by atoms with Gasteiger partial charge in [0.2, 0.25) is 12.4 Å². The molecule has 3 aliphatic rings. The zero-order valence-electron chi connectivity index (χ0n) is 28.1. The Bertz CT molecular complexity index is 1880. The quantitative estimate of drug-likeness (QED) is 0.0998. The number of rotatable bonds is 14. The molecule has 0 amide bonds. The summed E-state index contributed by atoms with van der Waals surface area (Å²) in [6.07, 6.45) is 4.42. The molecule has 7 rings (SSSR count). The van der Waals surface area contributed by atoms with Gasteiger partial charge in [0.25, 0.3) is 0 Å². The van der Waals surface area contributed by atoms with Crippen LogP contribution in [-0.2, 0) is 22.5 Å². The van der Waals surface area contributed by atoms with Crippen LogP contribution in [0.2, 0.25) is 10.0 Å². The molecule has 4 aromatic rings. The summed E-state index contributed by atoms with van der Waals surface area (Å²) in [5.41, 5.74) is 1.90. The van der Waals surface area contributed by atoms with Gasteiger partial charge in [-0.05, 0) is 73.7 Å². The van der Waals surface area contributed by atoms with E-state index in [0.717, 1.165) is 42.0 Å². The fraction of sp³-hybridized carbons (Fsp3) is 0.378. The Morgan fingerprint density at radius 3 is 2.39 bits per heavy atom. The predicted molar refractivity (Wildman–Crippen MR) is 187 cm³/mol. The molecule has 14 heteroatoms. The van der Waals surface area contributed by atoms with Crippen molar-refractivity contribution in [3.63, 3.8) is 0 Å². The first kappa shape index (κ1) is 36.8. The highest BCUT2D eigenvalue weighted by Crippen LogP contribution is 2.41. The summed E-state index contributed by atoms with van der Waals surface area (Å²) >= 11 is 14.1. The standard InChI is InChI=1S/C37H38Cl2FN3O7S/c1-48-32-8-7-22(13-33(32)49-2)25(15-27-28(38)18-43(47)19-29(27)39)26-14-23(51-36(26)37(45)46)17-41-31(24-5-3-4-6-30(24)40)16-35(44)50-34-20-42-11-9-21(34)10-12-42/h3-8,13-14,18-19,21,25,31,34,41H,9-12,15-17,20H2,1-2H3,(H-,45,46,47)/t25-,31?,34-/m0/s1. The molecule has 1 unspecified atom stereocenters. The van der Waals surface area contributed by atoms with E-state index >= 15 is 4.39 Å². The SMILES string of the molecule is COc1ccc([C@H](Cc2c(Cl)c[n+](O)cc2Cl)c2cc(CNC(CC(=O)O[C@H]3CN4CCC3CC4)c3ccccc3F)sc2C(=O)[O-])cc1OC. The molecule has 2 bridgehead atoms. The molecule has 2 aromatic heterocycles. The monoisotopic (exact) mass is 757 g/mol. The van der Waals surface area contributed by atoms with Crippen molar-refractivity contribution in [2.75, 3.05) is 33.9 Å². The number of methoxy groups -OCH3 is 2. The van der Waals surface area contributed by atoms with E-state index in [1.54, 1.807) is 42.5 Å². The molecule has 5 heterocycles. The Morgan fingerprint density at radius 1 is 1.06 bits per heavy atom. The van der Waals surface area contributed by atoms with Gasteiger partial charge in [-0.15, -0.1) is 11.3 Å². The minimum Gasteiger partial charge on any atom is -0.544 e. The van der Waals surface area contributed by atoms with Gasteiger partial charge in [-0.25, -0.2) is 4.39 Å². The molecule has 10 nitrogen and oxygen atoms in total. The number of nitrogens with one attached hydrogen (secondary N) is 1. The number of carboxylic acids is 1. The highest BCUT2D eigenvalue weighted by atomic mass is 35.5. The number of aromatic nitrogens is 1. The van der Waals surface area contributed by atoms with Gasteiger partial charge in [0.15, 0.2) is 11.5 Å². The molecular weight excluding hydrogens is 720 g/mol. The normalized spacial score (nSPS) is 19.4. The van der Waals surface area contributed by atoms with Crippen LogP contribution in [0.1, 0.15) is 68.0 Å². The zero-order valence-corrected chi connectivity index (χ0v) is 30.4. The van der Waals surface area contributed by atoms with Crippen LogP contribution >= 0.6 is 34.5 Å². The number of benzene rings is 2. The summed E-state index contributed by atoms with van der Waals surface area (Å²) in [7, 11) is 3.02. The van der Waals surface area contributed by atoms with Crippen LogP contribution in [0.3, 0.4) is 0 Å². The van der Waals surface area contributed by atoms with Crippen molar-refractivity contribution in [3.05, 3.63) is 109 Å². The Balaban J connectivity index is 1.31. The van der Waals surface area contributed by atoms with Gasteiger partial charge < -0.3 is 29.4 Å². The third kappa shape index (κ3) is 8.42. The molecule has 51 heavy (non-hydrogen) atoms. The molecule has 0 aliphatic carbocycles. The fourth-order valence-corrected chi connectivity index (χ4v) is 8.69. The minimum atomic E-state index is -1.38. The van der Waals surface area contributed by atoms with Crippen LogP contribution in [-0.4, -0.2) is 62.0 Å². The van der Waals surface area contributed by atoms with Crippen molar-refractivity contribution in [2.45, 2.75) is 50.3 Å². The van der Waals surface area contributed by atoms with E-state index in [2.05, 4.69) is 10.2 Å². The highest BCUT2D eigenvalue weighted by molar-refractivity contribution is 7.14.